The number of aliphatic hydroxyl groups excluding tert-OH is 1. The van der Waals surface area contributed by atoms with Crippen LogP contribution >= 0.6 is 0 Å². The highest BCUT2D eigenvalue weighted by Gasteiger charge is 2.65. The van der Waals surface area contributed by atoms with E-state index in [0.29, 0.717) is 29.0 Å². The van der Waals surface area contributed by atoms with E-state index in [0.717, 1.165) is 19.3 Å². The highest BCUT2D eigenvalue weighted by atomic mass is 16.3. The Kier molecular flexibility index (Phi) is 5.05. The van der Waals surface area contributed by atoms with Gasteiger partial charge in [-0.25, -0.2) is 0 Å². The van der Waals surface area contributed by atoms with Gasteiger partial charge >= 0.3 is 0 Å². The molecule has 0 bridgehead atoms. The molecule has 0 radical (unpaired) electrons. The summed E-state index contributed by atoms with van der Waals surface area (Å²) >= 11 is 0. The van der Waals surface area contributed by atoms with E-state index in [1.54, 1.807) is 12.5 Å². The van der Waals surface area contributed by atoms with Crippen LogP contribution in [-0.4, -0.2) is 22.0 Å². The van der Waals surface area contributed by atoms with Crippen molar-refractivity contribution in [3.8, 4) is 0 Å². The molecule has 33 heavy (non-hydrogen) atoms. The van der Waals surface area contributed by atoms with Gasteiger partial charge in [-0.2, -0.15) is 0 Å². The second kappa shape index (κ2) is 7.20. The number of aliphatic hydroxyl groups is 1. The standard InChI is InChI=1S/C30H43NO2/c1-18(2)26(33)23-16-19(17-31-23)20-10-14-30(7)22-8-9-24-27(3,4)25(32)12-13-28(24,5)21(22)11-15-29(20,30)6/h8,16-17,20-21,24-25,31-32H,1,9-15H2,2-7H3/t20-,21?,24?,25+,28+,29-,30+/m0/s1. The Morgan fingerprint density at radius 3 is 2.45 bits per heavy atom. The molecule has 4 aliphatic carbocycles. The van der Waals surface area contributed by atoms with E-state index in [4.69, 9.17) is 0 Å². The number of aromatic amines is 1. The minimum atomic E-state index is -0.185. The first-order chi connectivity index (χ1) is 15.4. The number of hydrogen-bond acceptors (Lipinski definition) is 2. The summed E-state index contributed by atoms with van der Waals surface area (Å²) in [4.78, 5) is 15.7. The molecule has 7 atom stereocenters. The Morgan fingerprint density at radius 2 is 1.76 bits per heavy atom. The van der Waals surface area contributed by atoms with E-state index in [-0.39, 0.29) is 33.5 Å². The predicted molar refractivity (Wildman–Crippen MR) is 134 cm³/mol. The lowest BCUT2D eigenvalue weighted by Crippen LogP contribution is -2.57. The summed E-state index contributed by atoms with van der Waals surface area (Å²) in [6.45, 7) is 17.8. The van der Waals surface area contributed by atoms with E-state index < -0.39 is 0 Å². The zero-order valence-electron chi connectivity index (χ0n) is 21.6. The molecule has 0 saturated heterocycles. The lowest BCUT2D eigenvalue weighted by molar-refractivity contribution is -0.129. The maximum absolute atomic E-state index is 12.5. The SMILES string of the molecule is C=C(C)C(=O)c1cc([C@@H]2CC[C@]3(C)C4=CCC5C(C)(C)[C@H](O)CC[C@]5(C)C4CC[C@@]23C)c[nH]1. The van der Waals surface area contributed by atoms with Crippen molar-refractivity contribution in [3.05, 3.63) is 47.3 Å². The van der Waals surface area contributed by atoms with Crippen LogP contribution in [0.1, 0.15) is 108 Å². The summed E-state index contributed by atoms with van der Waals surface area (Å²) in [6, 6.07) is 2.10. The van der Waals surface area contributed by atoms with Crippen LogP contribution in [0.15, 0.2) is 36.1 Å². The molecule has 4 aliphatic rings. The molecule has 3 nitrogen and oxygen atoms in total. The van der Waals surface area contributed by atoms with Gasteiger partial charge in [0.2, 0.25) is 5.78 Å². The summed E-state index contributed by atoms with van der Waals surface area (Å²) in [6.07, 6.45) is 12.6. The van der Waals surface area contributed by atoms with E-state index in [1.807, 2.05) is 0 Å². The number of rotatable bonds is 3. The van der Waals surface area contributed by atoms with Crippen LogP contribution in [0, 0.1) is 33.5 Å². The lowest BCUT2D eigenvalue weighted by Gasteiger charge is -2.64. The van der Waals surface area contributed by atoms with Crippen molar-refractivity contribution in [1.29, 1.82) is 0 Å². The summed E-state index contributed by atoms with van der Waals surface area (Å²) in [5.74, 6) is 1.68. The number of carbonyl (C=O) groups is 1. The third-order valence-electron chi connectivity index (χ3n) is 11.5. The Hall–Kier alpha value is -1.61. The second-order valence-corrected chi connectivity index (χ2v) is 13.2. The molecular weight excluding hydrogens is 406 g/mol. The maximum atomic E-state index is 12.5. The van der Waals surface area contributed by atoms with Crippen LogP contribution in [0.5, 0.6) is 0 Å². The first-order valence-corrected chi connectivity index (χ1v) is 13.1. The fourth-order valence-electron chi connectivity index (χ4n) is 9.20. The summed E-state index contributed by atoms with van der Waals surface area (Å²) < 4.78 is 0. The molecule has 0 spiro atoms. The van der Waals surface area contributed by atoms with Crippen molar-refractivity contribution in [1.82, 2.24) is 4.98 Å². The molecule has 3 fully saturated rings. The van der Waals surface area contributed by atoms with Crippen LogP contribution in [0.2, 0.25) is 0 Å². The number of fused-ring (bicyclic) bond motifs is 5. The zero-order valence-corrected chi connectivity index (χ0v) is 21.6. The minimum Gasteiger partial charge on any atom is -0.393 e. The third kappa shape index (κ3) is 2.93. The Morgan fingerprint density at radius 1 is 1.06 bits per heavy atom. The lowest BCUT2D eigenvalue weighted by atomic mass is 9.41. The molecule has 2 unspecified atom stereocenters. The first kappa shape index (κ1) is 23.1. The monoisotopic (exact) mass is 449 g/mol. The summed E-state index contributed by atoms with van der Waals surface area (Å²) in [7, 11) is 0. The highest BCUT2D eigenvalue weighted by Crippen LogP contribution is 2.73. The van der Waals surface area contributed by atoms with E-state index >= 15 is 0 Å². The van der Waals surface area contributed by atoms with Gasteiger partial charge < -0.3 is 10.1 Å². The van der Waals surface area contributed by atoms with Gasteiger partial charge in [-0.3, -0.25) is 4.79 Å². The number of nitrogens with one attached hydrogen (secondary N) is 1. The average Bonchev–Trinajstić information content (AvgIpc) is 3.33. The molecule has 2 N–H and O–H groups in total. The number of ketones is 1. The normalized spacial score (nSPS) is 43.8. The van der Waals surface area contributed by atoms with Crippen LogP contribution in [0.25, 0.3) is 0 Å². The van der Waals surface area contributed by atoms with Crippen molar-refractivity contribution >= 4 is 5.78 Å². The molecule has 180 valence electrons. The van der Waals surface area contributed by atoms with Crippen molar-refractivity contribution in [2.24, 2.45) is 33.5 Å². The fraction of sp³-hybridized carbons (Fsp3) is 0.700. The first-order valence-electron chi connectivity index (χ1n) is 13.1. The van der Waals surface area contributed by atoms with Crippen molar-refractivity contribution in [2.75, 3.05) is 0 Å². The van der Waals surface area contributed by atoms with Crippen molar-refractivity contribution in [3.63, 3.8) is 0 Å². The molecule has 3 saturated carbocycles. The Labute approximate surface area is 200 Å². The average molecular weight is 450 g/mol. The number of hydrogen-bond donors (Lipinski definition) is 2. The number of Topliss-reactive ketones (excluding diaryl/α,β-unsaturated/α-hetero) is 1. The number of aromatic nitrogens is 1. The van der Waals surface area contributed by atoms with Gasteiger partial charge in [0.1, 0.15) is 0 Å². The Balaban J connectivity index is 1.50. The molecular formula is C30H43NO2. The molecule has 0 amide bonds. The van der Waals surface area contributed by atoms with Crippen LogP contribution in [-0.2, 0) is 0 Å². The summed E-state index contributed by atoms with van der Waals surface area (Å²) in [5.41, 5.74) is 4.95. The van der Waals surface area contributed by atoms with Crippen LogP contribution in [0.3, 0.4) is 0 Å². The molecule has 1 heterocycles. The van der Waals surface area contributed by atoms with Gasteiger partial charge in [-0.15, -0.1) is 0 Å². The largest absolute Gasteiger partial charge is 0.393 e. The second-order valence-electron chi connectivity index (χ2n) is 13.2. The van der Waals surface area contributed by atoms with Gasteiger partial charge in [0.25, 0.3) is 0 Å². The van der Waals surface area contributed by atoms with E-state index in [1.165, 1.54) is 31.2 Å². The maximum Gasteiger partial charge on any atom is 0.204 e. The predicted octanol–water partition coefficient (Wildman–Crippen LogP) is 7.21. The van der Waals surface area contributed by atoms with Crippen LogP contribution < -0.4 is 0 Å². The Bertz CT molecular complexity index is 1030. The summed E-state index contributed by atoms with van der Waals surface area (Å²) in [5, 5.41) is 10.8. The number of carbonyl (C=O) groups excluding carboxylic acids is 1. The van der Waals surface area contributed by atoms with E-state index in [9.17, 15) is 9.90 Å². The smallest absolute Gasteiger partial charge is 0.204 e. The van der Waals surface area contributed by atoms with E-state index in [2.05, 4.69) is 64.5 Å². The molecule has 3 heteroatoms. The number of allylic oxidation sites excluding steroid dienone is 3. The van der Waals surface area contributed by atoms with Gasteiger partial charge in [0.15, 0.2) is 0 Å². The van der Waals surface area contributed by atoms with Crippen molar-refractivity contribution < 1.29 is 9.90 Å². The van der Waals surface area contributed by atoms with Gasteiger partial charge in [-0.1, -0.05) is 52.8 Å². The fourth-order valence-corrected chi connectivity index (χ4v) is 9.20. The topological polar surface area (TPSA) is 53.1 Å². The zero-order chi connectivity index (χ0) is 24.0. The van der Waals surface area contributed by atoms with Gasteiger partial charge in [-0.05, 0) is 108 Å². The molecule has 0 aromatic carbocycles. The van der Waals surface area contributed by atoms with Crippen molar-refractivity contribution in [2.45, 2.75) is 98.5 Å². The third-order valence-corrected chi connectivity index (χ3v) is 11.5. The quantitative estimate of drug-likeness (QED) is 0.291. The minimum absolute atomic E-state index is 0.0203. The van der Waals surface area contributed by atoms with Crippen LogP contribution in [0.4, 0.5) is 0 Å². The molecule has 1 aromatic heterocycles. The molecule has 1 aromatic rings. The molecule has 5 rings (SSSR count). The van der Waals surface area contributed by atoms with Gasteiger partial charge in [0, 0.05) is 6.20 Å². The molecule has 0 aliphatic heterocycles. The number of H-pyrrole nitrogens is 1. The van der Waals surface area contributed by atoms with Gasteiger partial charge in [0.05, 0.1) is 11.8 Å². The highest BCUT2D eigenvalue weighted by molar-refractivity contribution is 6.06.